The summed E-state index contributed by atoms with van der Waals surface area (Å²) in [4.78, 5) is 91.2. The lowest BCUT2D eigenvalue weighted by Crippen LogP contribution is -2.52. The molecule has 1 fully saturated rings. The molecule has 1 saturated heterocycles. The second kappa shape index (κ2) is 16.2. The molecule has 1 aliphatic heterocycles. The first-order valence-electron chi connectivity index (χ1n) is 18.8. The number of imidazole rings is 2. The number of urea groups is 1. The number of nitrogens with two attached hydrogens (primary N) is 1. The van der Waals surface area contributed by atoms with E-state index in [1.54, 1.807) is 15.9 Å². The summed E-state index contributed by atoms with van der Waals surface area (Å²) < 4.78 is 4.73. The van der Waals surface area contributed by atoms with Crippen molar-refractivity contribution in [2.75, 3.05) is 20.2 Å². The number of fused-ring (bicyclic) bond motifs is 2. The second-order valence-corrected chi connectivity index (χ2v) is 14.8. The third-order valence-electron chi connectivity index (χ3n) is 10.3. The zero-order chi connectivity index (χ0) is 40.4. The summed E-state index contributed by atoms with van der Waals surface area (Å²) in [5.74, 6) is 0.776. The van der Waals surface area contributed by atoms with E-state index in [0.29, 0.717) is 75.7 Å². The predicted octanol–water partition coefficient (Wildman–Crippen LogP) is 4.50. The van der Waals surface area contributed by atoms with Crippen LogP contribution in [0.25, 0.3) is 44.6 Å². The minimum atomic E-state index is -0.775. The van der Waals surface area contributed by atoms with Crippen molar-refractivity contribution >= 4 is 46.0 Å². The van der Waals surface area contributed by atoms with E-state index in [0.717, 1.165) is 6.42 Å². The highest BCUT2D eigenvalue weighted by molar-refractivity contribution is 5.88. The van der Waals surface area contributed by atoms with Crippen LogP contribution in [0.15, 0.2) is 47.4 Å². The number of methoxy groups -OCH3 is 1. The highest BCUT2D eigenvalue weighted by Gasteiger charge is 2.37. The molecule has 7 N–H and O–H groups in total. The van der Waals surface area contributed by atoms with E-state index in [2.05, 4.69) is 30.6 Å². The van der Waals surface area contributed by atoms with Gasteiger partial charge in [-0.1, -0.05) is 33.8 Å². The number of benzene rings is 2. The third-order valence-corrected chi connectivity index (χ3v) is 10.3. The van der Waals surface area contributed by atoms with Crippen LogP contribution < -0.4 is 21.9 Å². The summed E-state index contributed by atoms with van der Waals surface area (Å²) in [5, 5.41) is 5.23. The first-order valence-corrected chi connectivity index (χ1v) is 18.8. The van der Waals surface area contributed by atoms with Crippen LogP contribution in [0.3, 0.4) is 0 Å². The molecule has 56 heavy (non-hydrogen) atoms. The number of likely N-dealkylation sites (N-methyl/N-ethyl adjacent to an activating group) is 1. The van der Waals surface area contributed by atoms with Crippen LogP contribution >= 0.6 is 0 Å². The number of aromatic amines is 3. The number of aromatic nitrogens is 6. The average Bonchev–Trinajstić information content (AvgIpc) is 3.93. The Hall–Kier alpha value is -6.26. The standard InChI is InChI=1S/C39H49N11O6/c1-8-49(36(52)31(20(4)5)47-39(55)56-7)21(6)32-42-25-14-12-23(17-28(25)44-32)33-41-18-24(35(51)48-33)22-11-13-26-27(16-22)45-34(43-26)29-10-9-15-50(29)37(53)30(19(2)3)46-38(40)54/h11-14,16-21,29-31H,8-10,15H2,1-7H3,(H,42,44)(H,43,45)(H,47,55)(H3,40,46,54)(H,41,48,51). The van der Waals surface area contributed by atoms with Gasteiger partial charge in [0.15, 0.2) is 0 Å². The number of H-pyrrole nitrogens is 3. The summed E-state index contributed by atoms with van der Waals surface area (Å²) in [6.45, 7) is 12.1. The van der Waals surface area contributed by atoms with E-state index < -0.39 is 30.2 Å². The zero-order valence-electron chi connectivity index (χ0n) is 32.6. The summed E-state index contributed by atoms with van der Waals surface area (Å²) in [7, 11) is 1.26. The van der Waals surface area contributed by atoms with E-state index in [9.17, 15) is 24.0 Å². The number of ether oxygens (including phenoxy) is 1. The number of alkyl carbamates (subject to hydrolysis) is 1. The van der Waals surface area contributed by atoms with Gasteiger partial charge in [0.1, 0.15) is 29.6 Å². The van der Waals surface area contributed by atoms with Gasteiger partial charge in [0.05, 0.1) is 46.8 Å². The maximum Gasteiger partial charge on any atom is 0.407 e. The highest BCUT2D eigenvalue weighted by atomic mass is 16.5. The quantitative estimate of drug-likeness (QED) is 0.105. The van der Waals surface area contributed by atoms with E-state index >= 15 is 0 Å². The Morgan fingerprint density at radius 2 is 1.59 bits per heavy atom. The number of rotatable bonds is 12. The van der Waals surface area contributed by atoms with Crippen molar-refractivity contribution in [2.24, 2.45) is 17.6 Å². The lowest BCUT2D eigenvalue weighted by Gasteiger charge is -2.32. The van der Waals surface area contributed by atoms with E-state index in [1.165, 1.54) is 13.3 Å². The molecule has 17 nitrogen and oxygen atoms in total. The van der Waals surface area contributed by atoms with Crippen LogP contribution in [0.1, 0.15) is 78.1 Å². The van der Waals surface area contributed by atoms with Crippen molar-refractivity contribution in [3.8, 4) is 22.5 Å². The van der Waals surface area contributed by atoms with Crippen molar-refractivity contribution in [1.82, 2.24) is 50.3 Å². The number of nitrogens with one attached hydrogen (secondary N) is 5. The molecule has 2 aromatic carbocycles. The normalized spacial score (nSPS) is 15.9. The molecule has 1 aliphatic rings. The van der Waals surface area contributed by atoms with E-state index in [4.69, 9.17) is 20.4 Å². The number of carbonyl (C=O) groups excluding carboxylic acids is 4. The second-order valence-electron chi connectivity index (χ2n) is 14.8. The topological polar surface area (TPSA) is 237 Å². The Balaban J connectivity index is 1.21. The van der Waals surface area contributed by atoms with Crippen LogP contribution in [-0.2, 0) is 14.3 Å². The molecular formula is C39H49N11O6. The molecular weight excluding hydrogens is 718 g/mol. The SMILES string of the molecule is CCN(C(=O)C(NC(=O)OC)C(C)C)C(C)c1nc2ccc(-c3ncc(-c4ccc5nc(C6CCCN6C(=O)C(NC(N)=O)C(C)C)[nH]c5c4)c(=O)[nH]3)cc2[nH]1. The van der Waals surface area contributed by atoms with E-state index in [-0.39, 0.29) is 35.3 Å². The molecule has 0 bridgehead atoms. The minimum absolute atomic E-state index is 0.152. The van der Waals surface area contributed by atoms with Crippen molar-refractivity contribution in [3.63, 3.8) is 0 Å². The summed E-state index contributed by atoms with van der Waals surface area (Å²) >= 11 is 0. The molecule has 0 saturated carbocycles. The van der Waals surface area contributed by atoms with Crippen LogP contribution in [0.2, 0.25) is 0 Å². The molecule has 0 aliphatic carbocycles. The lowest BCUT2D eigenvalue weighted by atomic mass is 10.0. The van der Waals surface area contributed by atoms with Gasteiger partial charge >= 0.3 is 12.1 Å². The molecule has 296 valence electrons. The van der Waals surface area contributed by atoms with Gasteiger partial charge in [0, 0.05) is 24.8 Å². The Bertz CT molecular complexity index is 2330. The van der Waals surface area contributed by atoms with Gasteiger partial charge in [0.25, 0.3) is 5.56 Å². The molecule has 4 unspecified atom stereocenters. The third kappa shape index (κ3) is 7.92. The fourth-order valence-electron chi connectivity index (χ4n) is 7.28. The Kier molecular flexibility index (Phi) is 11.4. The molecule has 5 amide bonds. The number of hydrogen-bond acceptors (Lipinski definition) is 9. The van der Waals surface area contributed by atoms with Crippen molar-refractivity contribution in [1.29, 1.82) is 0 Å². The monoisotopic (exact) mass is 767 g/mol. The van der Waals surface area contributed by atoms with Crippen LogP contribution in [0.5, 0.6) is 0 Å². The smallest absolute Gasteiger partial charge is 0.407 e. The Labute approximate surface area is 323 Å². The highest BCUT2D eigenvalue weighted by Crippen LogP contribution is 2.33. The molecule has 0 spiro atoms. The van der Waals surface area contributed by atoms with Gasteiger partial charge < -0.3 is 45.9 Å². The van der Waals surface area contributed by atoms with Crippen LogP contribution in [0.4, 0.5) is 9.59 Å². The number of nitrogens with zero attached hydrogens (tertiary/aromatic N) is 5. The van der Waals surface area contributed by atoms with Crippen LogP contribution in [-0.4, -0.2) is 95.9 Å². The van der Waals surface area contributed by atoms with Gasteiger partial charge in [-0.25, -0.2) is 24.5 Å². The number of hydrogen-bond donors (Lipinski definition) is 6. The van der Waals surface area contributed by atoms with Gasteiger partial charge in [0.2, 0.25) is 11.8 Å². The first-order chi connectivity index (χ1) is 26.7. The van der Waals surface area contributed by atoms with Gasteiger partial charge in [-0.15, -0.1) is 0 Å². The summed E-state index contributed by atoms with van der Waals surface area (Å²) in [5.41, 5.74) is 9.44. The van der Waals surface area contributed by atoms with Gasteiger partial charge in [-0.05, 0) is 74.4 Å². The first kappa shape index (κ1) is 39.4. The Morgan fingerprint density at radius 3 is 2.23 bits per heavy atom. The number of amides is 5. The zero-order valence-corrected chi connectivity index (χ0v) is 32.6. The number of carbonyl (C=O) groups is 4. The van der Waals surface area contributed by atoms with E-state index in [1.807, 2.05) is 71.9 Å². The maximum atomic E-state index is 13.6. The Morgan fingerprint density at radius 1 is 0.929 bits per heavy atom. The molecule has 6 rings (SSSR count). The van der Waals surface area contributed by atoms with Gasteiger partial charge in [-0.3, -0.25) is 14.4 Å². The fraction of sp³-hybridized carbons (Fsp3) is 0.436. The molecule has 5 aromatic rings. The average molecular weight is 768 g/mol. The van der Waals surface area contributed by atoms with Crippen molar-refractivity contribution in [2.45, 2.75) is 78.6 Å². The summed E-state index contributed by atoms with van der Waals surface area (Å²) in [6.07, 6.45) is 2.35. The van der Waals surface area contributed by atoms with Crippen molar-refractivity contribution in [3.05, 3.63) is 64.6 Å². The van der Waals surface area contributed by atoms with Gasteiger partial charge in [-0.2, -0.15) is 0 Å². The predicted molar refractivity (Wildman–Crippen MR) is 210 cm³/mol. The lowest BCUT2D eigenvalue weighted by molar-refractivity contribution is -0.136. The van der Waals surface area contributed by atoms with Crippen molar-refractivity contribution < 1.29 is 23.9 Å². The fourth-order valence-corrected chi connectivity index (χ4v) is 7.28. The maximum absolute atomic E-state index is 13.6. The molecule has 4 atom stereocenters. The summed E-state index contributed by atoms with van der Waals surface area (Å²) in [6, 6.07) is 7.93. The molecule has 3 aromatic heterocycles. The molecule has 4 heterocycles. The number of likely N-dealkylation sites (tertiary alicyclic amines) is 1. The number of primary amides is 1. The largest absolute Gasteiger partial charge is 0.453 e. The molecule has 17 heteroatoms. The minimum Gasteiger partial charge on any atom is -0.453 e. The van der Waals surface area contributed by atoms with Crippen LogP contribution in [0, 0.1) is 11.8 Å². The molecule has 0 radical (unpaired) electrons.